The fourth-order valence-electron chi connectivity index (χ4n) is 2.65. The molecular weight excluding hydrogens is 328 g/mol. The standard InChI is InChI=1S/C20H16N4O2/c25-20(19-13-18(23-26-19)16-7-2-1-3-8-16)22-17-9-4-6-15(12-17)14-24-11-5-10-21-24/h1-13H,14H2,(H,22,25). The van der Waals surface area contributed by atoms with Crippen molar-refractivity contribution in [3.63, 3.8) is 0 Å². The number of nitrogens with zero attached hydrogens (tertiary/aromatic N) is 3. The number of nitrogens with one attached hydrogen (secondary N) is 1. The van der Waals surface area contributed by atoms with Crippen molar-refractivity contribution < 1.29 is 9.32 Å². The number of rotatable bonds is 5. The molecule has 0 aliphatic heterocycles. The van der Waals surface area contributed by atoms with E-state index >= 15 is 0 Å². The van der Waals surface area contributed by atoms with Crippen LogP contribution in [-0.4, -0.2) is 20.8 Å². The zero-order chi connectivity index (χ0) is 17.8. The Hall–Kier alpha value is -3.67. The van der Waals surface area contributed by atoms with E-state index in [0.29, 0.717) is 17.9 Å². The Bertz CT molecular complexity index is 1010. The number of carbonyl (C=O) groups excluding carboxylic acids is 1. The lowest BCUT2D eigenvalue weighted by molar-refractivity contribution is 0.0988. The number of aromatic nitrogens is 3. The van der Waals surface area contributed by atoms with Gasteiger partial charge < -0.3 is 9.84 Å². The Labute approximate surface area is 150 Å². The van der Waals surface area contributed by atoms with Gasteiger partial charge in [-0.25, -0.2) is 0 Å². The van der Waals surface area contributed by atoms with Crippen LogP contribution in [0.2, 0.25) is 0 Å². The molecular formula is C20H16N4O2. The first-order valence-corrected chi connectivity index (χ1v) is 8.18. The molecule has 0 unspecified atom stereocenters. The summed E-state index contributed by atoms with van der Waals surface area (Å²) in [6, 6.07) is 20.7. The Morgan fingerprint density at radius 1 is 1.04 bits per heavy atom. The number of carbonyl (C=O) groups is 1. The van der Waals surface area contributed by atoms with Crippen molar-refractivity contribution in [3.05, 3.63) is 90.4 Å². The van der Waals surface area contributed by atoms with Crippen LogP contribution in [0.4, 0.5) is 5.69 Å². The smallest absolute Gasteiger partial charge is 0.294 e. The Morgan fingerprint density at radius 3 is 2.73 bits per heavy atom. The van der Waals surface area contributed by atoms with Crippen molar-refractivity contribution in [3.8, 4) is 11.3 Å². The molecule has 0 atom stereocenters. The molecule has 1 N–H and O–H groups in total. The molecule has 0 fully saturated rings. The van der Waals surface area contributed by atoms with Gasteiger partial charge >= 0.3 is 0 Å². The van der Waals surface area contributed by atoms with Gasteiger partial charge in [0.15, 0.2) is 0 Å². The first-order valence-electron chi connectivity index (χ1n) is 8.18. The Morgan fingerprint density at radius 2 is 1.92 bits per heavy atom. The van der Waals surface area contributed by atoms with Gasteiger partial charge in [0, 0.05) is 29.7 Å². The van der Waals surface area contributed by atoms with Gasteiger partial charge in [-0.1, -0.05) is 47.6 Å². The number of amides is 1. The highest BCUT2D eigenvalue weighted by Crippen LogP contribution is 2.20. The highest BCUT2D eigenvalue weighted by molar-refractivity contribution is 6.02. The zero-order valence-electron chi connectivity index (χ0n) is 13.9. The van der Waals surface area contributed by atoms with E-state index in [9.17, 15) is 4.79 Å². The average molecular weight is 344 g/mol. The lowest BCUT2D eigenvalue weighted by Crippen LogP contribution is -2.11. The summed E-state index contributed by atoms with van der Waals surface area (Å²) in [5, 5.41) is 11.0. The molecule has 6 heteroatoms. The zero-order valence-corrected chi connectivity index (χ0v) is 13.9. The molecule has 128 valence electrons. The van der Waals surface area contributed by atoms with Crippen molar-refractivity contribution in [2.45, 2.75) is 6.54 Å². The van der Waals surface area contributed by atoms with Gasteiger partial charge in [0.2, 0.25) is 5.76 Å². The van der Waals surface area contributed by atoms with E-state index in [2.05, 4.69) is 15.6 Å². The predicted molar refractivity (Wildman–Crippen MR) is 97.7 cm³/mol. The summed E-state index contributed by atoms with van der Waals surface area (Å²) in [5.74, 6) is -0.169. The molecule has 4 rings (SSSR count). The van der Waals surface area contributed by atoms with E-state index in [4.69, 9.17) is 4.52 Å². The van der Waals surface area contributed by atoms with E-state index in [1.165, 1.54) is 0 Å². The topological polar surface area (TPSA) is 73.0 Å². The molecule has 6 nitrogen and oxygen atoms in total. The van der Waals surface area contributed by atoms with Crippen molar-refractivity contribution >= 4 is 11.6 Å². The van der Waals surface area contributed by atoms with E-state index in [-0.39, 0.29) is 11.7 Å². The molecule has 26 heavy (non-hydrogen) atoms. The molecule has 1 amide bonds. The van der Waals surface area contributed by atoms with E-state index in [0.717, 1.165) is 11.1 Å². The second kappa shape index (κ2) is 7.06. The first-order chi connectivity index (χ1) is 12.8. The van der Waals surface area contributed by atoms with Crippen LogP contribution in [0.5, 0.6) is 0 Å². The minimum atomic E-state index is -0.337. The van der Waals surface area contributed by atoms with Crippen LogP contribution in [0.1, 0.15) is 16.1 Å². The molecule has 2 aromatic carbocycles. The Kier molecular flexibility index (Phi) is 4.30. The number of anilines is 1. The van der Waals surface area contributed by atoms with Crippen LogP contribution >= 0.6 is 0 Å². The summed E-state index contributed by atoms with van der Waals surface area (Å²) in [7, 11) is 0. The quantitative estimate of drug-likeness (QED) is 0.597. The van der Waals surface area contributed by atoms with Gasteiger partial charge in [0.25, 0.3) is 5.91 Å². The molecule has 0 radical (unpaired) electrons. The third kappa shape index (κ3) is 3.54. The summed E-state index contributed by atoms with van der Waals surface area (Å²) in [6.45, 7) is 0.636. The molecule has 2 heterocycles. The van der Waals surface area contributed by atoms with Crippen LogP contribution in [0, 0.1) is 0 Å². The molecule has 0 bridgehead atoms. The first kappa shape index (κ1) is 15.8. The summed E-state index contributed by atoms with van der Waals surface area (Å²) >= 11 is 0. The van der Waals surface area contributed by atoms with Crippen LogP contribution in [0.25, 0.3) is 11.3 Å². The molecule has 0 spiro atoms. The van der Waals surface area contributed by atoms with Gasteiger partial charge in [-0.2, -0.15) is 5.10 Å². The van der Waals surface area contributed by atoms with Gasteiger partial charge in [-0.15, -0.1) is 0 Å². The predicted octanol–water partition coefficient (Wildman–Crippen LogP) is 3.84. The number of hydrogen-bond acceptors (Lipinski definition) is 4. The lowest BCUT2D eigenvalue weighted by atomic mass is 10.1. The lowest BCUT2D eigenvalue weighted by Gasteiger charge is -2.06. The monoisotopic (exact) mass is 344 g/mol. The number of benzene rings is 2. The van der Waals surface area contributed by atoms with Crippen LogP contribution in [-0.2, 0) is 6.54 Å². The van der Waals surface area contributed by atoms with Gasteiger partial charge in [-0.05, 0) is 23.8 Å². The second-order valence-electron chi connectivity index (χ2n) is 5.80. The second-order valence-corrected chi connectivity index (χ2v) is 5.80. The fraction of sp³-hybridized carbons (Fsp3) is 0.0500. The minimum absolute atomic E-state index is 0.168. The highest BCUT2D eigenvalue weighted by atomic mass is 16.5. The third-order valence-electron chi connectivity index (χ3n) is 3.89. The van der Waals surface area contributed by atoms with Gasteiger partial charge in [0.05, 0.1) is 6.54 Å². The van der Waals surface area contributed by atoms with E-state index in [1.54, 1.807) is 12.3 Å². The maximum Gasteiger partial charge on any atom is 0.294 e. The average Bonchev–Trinajstić information content (AvgIpc) is 3.35. The summed E-state index contributed by atoms with van der Waals surface area (Å²) < 4.78 is 7.02. The molecule has 0 saturated heterocycles. The Balaban J connectivity index is 1.47. The van der Waals surface area contributed by atoms with Crippen LogP contribution in [0.3, 0.4) is 0 Å². The van der Waals surface area contributed by atoms with Crippen molar-refractivity contribution in [2.75, 3.05) is 5.32 Å². The molecule has 0 aliphatic rings. The SMILES string of the molecule is O=C(Nc1cccc(Cn2cccn2)c1)c1cc(-c2ccccc2)no1. The van der Waals surface area contributed by atoms with E-state index in [1.807, 2.05) is 71.5 Å². The molecule has 0 saturated carbocycles. The summed E-state index contributed by atoms with van der Waals surface area (Å²) in [6.07, 6.45) is 3.63. The summed E-state index contributed by atoms with van der Waals surface area (Å²) in [4.78, 5) is 12.4. The van der Waals surface area contributed by atoms with E-state index < -0.39 is 0 Å². The fourth-order valence-corrected chi connectivity index (χ4v) is 2.65. The third-order valence-corrected chi connectivity index (χ3v) is 3.89. The normalized spacial score (nSPS) is 10.6. The maximum atomic E-state index is 12.4. The largest absolute Gasteiger partial charge is 0.350 e. The molecule has 4 aromatic rings. The highest BCUT2D eigenvalue weighted by Gasteiger charge is 2.14. The summed E-state index contributed by atoms with van der Waals surface area (Å²) in [5.41, 5.74) is 3.26. The van der Waals surface area contributed by atoms with Crippen molar-refractivity contribution in [2.24, 2.45) is 0 Å². The number of hydrogen-bond donors (Lipinski definition) is 1. The minimum Gasteiger partial charge on any atom is -0.350 e. The van der Waals surface area contributed by atoms with Gasteiger partial charge in [0.1, 0.15) is 5.69 Å². The molecule has 2 aromatic heterocycles. The molecule has 0 aliphatic carbocycles. The van der Waals surface area contributed by atoms with Crippen LogP contribution < -0.4 is 5.32 Å². The van der Waals surface area contributed by atoms with Crippen molar-refractivity contribution in [1.82, 2.24) is 14.9 Å². The van der Waals surface area contributed by atoms with Gasteiger partial charge in [-0.3, -0.25) is 9.48 Å². The van der Waals surface area contributed by atoms with Crippen LogP contribution in [0.15, 0.2) is 83.6 Å². The van der Waals surface area contributed by atoms with Crippen molar-refractivity contribution in [1.29, 1.82) is 0 Å². The maximum absolute atomic E-state index is 12.4.